The fourth-order valence-electron chi connectivity index (χ4n) is 1.74. The van der Waals surface area contributed by atoms with Crippen molar-refractivity contribution in [2.75, 3.05) is 13.7 Å². The van der Waals surface area contributed by atoms with Crippen molar-refractivity contribution in [3.05, 3.63) is 0 Å². The molecule has 1 fully saturated rings. The Morgan fingerprint density at radius 3 is 1.85 bits per heavy atom. The zero-order valence-electron chi connectivity index (χ0n) is 9.18. The van der Waals surface area contributed by atoms with Crippen LogP contribution >= 0.6 is 0 Å². The maximum absolute atomic E-state index is 7.57. The first-order chi connectivity index (χ1) is 6.35. The van der Waals surface area contributed by atoms with E-state index in [-0.39, 0.29) is 6.61 Å². The molecule has 13 heavy (non-hydrogen) atoms. The van der Waals surface area contributed by atoms with E-state index in [1.165, 1.54) is 44.9 Å². The topological polar surface area (TPSA) is 32.3 Å². The predicted molar refractivity (Wildman–Crippen MR) is 57.9 cm³/mol. The van der Waals surface area contributed by atoms with Gasteiger partial charge in [-0.05, 0) is 26.8 Å². The van der Waals surface area contributed by atoms with E-state index >= 15 is 0 Å². The summed E-state index contributed by atoms with van der Waals surface area (Å²) in [6.07, 6.45) is 10.1. The van der Waals surface area contributed by atoms with E-state index in [2.05, 4.69) is 12.4 Å². The second-order valence-electron chi connectivity index (χ2n) is 3.65. The molecule has 0 spiro atoms. The van der Waals surface area contributed by atoms with Crippen LogP contribution in [0.3, 0.4) is 0 Å². The third-order valence-electron chi connectivity index (χ3n) is 2.51. The van der Waals surface area contributed by atoms with Crippen molar-refractivity contribution >= 4 is 0 Å². The van der Waals surface area contributed by atoms with Gasteiger partial charge in [0.05, 0.1) is 0 Å². The van der Waals surface area contributed by atoms with Crippen molar-refractivity contribution in [3.8, 4) is 0 Å². The average molecular weight is 187 g/mol. The lowest BCUT2D eigenvalue weighted by Crippen LogP contribution is -2.25. The maximum atomic E-state index is 7.57. The molecule has 2 heteroatoms. The number of aliphatic hydroxyl groups excluding tert-OH is 1. The number of hydrogen-bond donors (Lipinski definition) is 2. The third-order valence-corrected chi connectivity index (χ3v) is 2.51. The molecule has 80 valence electrons. The third kappa shape index (κ3) is 8.26. The molecule has 1 aliphatic rings. The summed E-state index contributed by atoms with van der Waals surface area (Å²) in [6.45, 7) is 1.93. The van der Waals surface area contributed by atoms with Crippen LogP contribution in [0.15, 0.2) is 0 Å². The summed E-state index contributed by atoms with van der Waals surface area (Å²) in [4.78, 5) is 0. The van der Waals surface area contributed by atoms with Crippen LogP contribution < -0.4 is 5.32 Å². The van der Waals surface area contributed by atoms with Gasteiger partial charge in [-0.3, -0.25) is 0 Å². The average Bonchev–Trinajstić information content (AvgIpc) is 2.05. The second-order valence-corrected chi connectivity index (χ2v) is 3.65. The molecule has 0 bridgehead atoms. The van der Waals surface area contributed by atoms with Gasteiger partial charge in [-0.2, -0.15) is 0 Å². The Kier molecular flexibility index (Phi) is 9.94. The van der Waals surface area contributed by atoms with E-state index < -0.39 is 0 Å². The molecule has 0 aromatic rings. The van der Waals surface area contributed by atoms with E-state index in [0.717, 1.165) is 6.04 Å². The highest BCUT2D eigenvalue weighted by molar-refractivity contribution is 4.66. The molecule has 1 saturated carbocycles. The summed E-state index contributed by atoms with van der Waals surface area (Å²) in [5.41, 5.74) is 0. The summed E-state index contributed by atoms with van der Waals surface area (Å²) in [7, 11) is 2.09. The van der Waals surface area contributed by atoms with Crippen LogP contribution in [-0.4, -0.2) is 24.8 Å². The van der Waals surface area contributed by atoms with Gasteiger partial charge >= 0.3 is 0 Å². The SMILES string of the molecule is CCO.CNC1CCCCCCC1. The molecule has 0 atom stereocenters. The minimum atomic E-state index is 0.250. The Labute approximate surface area is 82.7 Å². The van der Waals surface area contributed by atoms with Crippen LogP contribution in [0.25, 0.3) is 0 Å². The lowest BCUT2D eigenvalue weighted by atomic mass is 9.97. The molecule has 0 unspecified atom stereocenters. The summed E-state index contributed by atoms with van der Waals surface area (Å²) in [5, 5.41) is 10.9. The van der Waals surface area contributed by atoms with Gasteiger partial charge in [-0.1, -0.05) is 32.1 Å². The standard InChI is InChI=1S/C9H19N.C2H6O/c1-10-9-7-5-3-2-4-6-8-9;1-2-3/h9-10H,2-8H2,1H3;3H,2H2,1H3. The van der Waals surface area contributed by atoms with Crippen LogP contribution in [0.5, 0.6) is 0 Å². The fraction of sp³-hybridized carbons (Fsp3) is 1.00. The maximum Gasteiger partial charge on any atom is 0.0402 e. The Morgan fingerprint density at radius 1 is 1.08 bits per heavy atom. The molecule has 2 N–H and O–H groups in total. The molecular formula is C11H25NO. The molecule has 0 aromatic heterocycles. The first-order valence-corrected chi connectivity index (χ1v) is 5.63. The zero-order valence-corrected chi connectivity index (χ0v) is 9.18. The van der Waals surface area contributed by atoms with E-state index in [0.29, 0.717) is 0 Å². The van der Waals surface area contributed by atoms with Crippen LogP contribution in [0.4, 0.5) is 0 Å². The normalized spacial score (nSPS) is 19.6. The Balaban J connectivity index is 0.000000424. The number of aliphatic hydroxyl groups is 1. The minimum absolute atomic E-state index is 0.250. The smallest absolute Gasteiger partial charge is 0.0402 e. The molecule has 0 radical (unpaired) electrons. The van der Waals surface area contributed by atoms with Crippen LogP contribution in [-0.2, 0) is 0 Å². The molecular weight excluding hydrogens is 162 g/mol. The zero-order chi connectivity index (χ0) is 9.94. The van der Waals surface area contributed by atoms with Gasteiger partial charge in [0.25, 0.3) is 0 Å². The van der Waals surface area contributed by atoms with E-state index in [1.54, 1.807) is 6.92 Å². The summed E-state index contributed by atoms with van der Waals surface area (Å²) in [5.74, 6) is 0. The minimum Gasteiger partial charge on any atom is -0.397 e. The Morgan fingerprint density at radius 2 is 1.46 bits per heavy atom. The van der Waals surface area contributed by atoms with Crippen LogP contribution in [0.1, 0.15) is 51.9 Å². The number of hydrogen-bond acceptors (Lipinski definition) is 2. The highest BCUT2D eigenvalue weighted by Crippen LogP contribution is 2.16. The molecule has 0 amide bonds. The van der Waals surface area contributed by atoms with Gasteiger partial charge in [0.1, 0.15) is 0 Å². The van der Waals surface area contributed by atoms with Gasteiger partial charge in [0.15, 0.2) is 0 Å². The van der Waals surface area contributed by atoms with Gasteiger partial charge < -0.3 is 10.4 Å². The fourth-order valence-corrected chi connectivity index (χ4v) is 1.74. The lowest BCUT2D eigenvalue weighted by molar-refractivity contribution is 0.318. The molecule has 0 aliphatic heterocycles. The first kappa shape index (κ1) is 12.9. The van der Waals surface area contributed by atoms with Crippen molar-refractivity contribution in [1.82, 2.24) is 5.32 Å². The van der Waals surface area contributed by atoms with E-state index in [9.17, 15) is 0 Å². The number of nitrogens with one attached hydrogen (secondary N) is 1. The second kappa shape index (κ2) is 10.0. The number of rotatable bonds is 1. The van der Waals surface area contributed by atoms with Crippen molar-refractivity contribution in [3.63, 3.8) is 0 Å². The summed E-state index contributed by atoms with van der Waals surface area (Å²) >= 11 is 0. The van der Waals surface area contributed by atoms with Crippen molar-refractivity contribution in [2.45, 2.75) is 57.9 Å². The van der Waals surface area contributed by atoms with Crippen molar-refractivity contribution in [2.24, 2.45) is 0 Å². The van der Waals surface area contributed by atoms with Crippen LogP contribution in [0.2, 0.25) is 0 Å². The molecule has 0 saturated heterocycles. The van der Waals surface area contributed by atoms with Crippen LogP contribution in [0, 0.1) is 0 Å². The Hall–Kier alpha value is -0.0800. The van der Waals surface area contributed by atoms with Gasteiger partial charge in [-0.25, -0.2) is 0 Å². The van der Waals surface area contributed by atoms with Crippen molar-refractivity contribution in [1.29, 1.82) is 0 Å². The monoisotopic (exact) mass is 187 g/mol. The Bertz CT molecular complexity index is 88.1. The van der Waals surface area contributed by atoms with Gasteiger partial charge in [0.2, 0.25) is 0 Å². The van der Waals surface area contributed by atoms with E-state index in [1.807, 2.05) is 0 Å². The predicted octanol–water partition coefficient (Wildman–Crippen LogP) is 2.32. The lowest BCUT2D eigenvalue weighted by Gasteiger charge is -2.18. The summed E-state index contributed by atoms with van der Waals surface area (Å²) < 4.78 is 0. The largest absolute Gasteiger partial charge is 0.397 e. The van der Waals surface area contributed by atoms with Gasteiger partial charge in [0, 0.05) is 12.6 Å². The van der Waals surface area contributed by atoms with E-state index in [4.69, 9.17) is 5.11 Å². The summed E-state index contributed by atoms with van der Waals surface area (Å²) in [6, 6.07) is 0.820. The molecule has 0 aromatic carbocycles. The first-order valence-electron chi connectivity index (χ1n) is 5.63. The quantitative estimate of drug-likeness (QED) is 0.660. The molecule has 1 rings (SSSR count). The molecule has 0 heterocycles. The van der Waals surface area contributed by atoms with Crippen molar-refractivity contribution < 1.29 is 5.11 Å². The highest BCUT2D eigenvalue weighted by Gasteiger charge is 2.07. The molecule has 2 nitrogen and oxygen atoms in total. The highest BCUT2D eigenvalue weighted by atomic mass is 16.2. The molecule has 1 aliphatic carbocycles. The van der Waals surface area contributed by atoms with Gasteiger partial charge in [-0.15, -0.1) is 0 Å².